The van der Waals surface area contributed by atoms with Crippen LogP contribution in [0.15, 0.2) is 12.2 Å². The molecule has 0 bridgehead atoms. The van der Waals surface area contributed by atoms with Crippen molar-refractivity contribution in [1.82, 2.24) is 5.32 Å². The summed E-state index contributed by atoms with van der Waals surface area (Å²) in [4.78, 5) is 12.3. The third-order valence-electron chi connectivity index (χ3n) is 5.95. The minimum Gasteiger partial charge on any atom is -0.391 e. The molecule has 0 saturated carbocycles. The first-order valence-corrected chi connectivity index (χ1v) is 15.0. The molecule has 0 aliphatic heterocycles. The Morgan fingerprint density at radius 3 is 1.94 bits per heavy atom. The fourth-order valence-electron chi connectivity index (χ4n) is 3.92. The predicted octanol–water partition coefficient (Wildman–Crippen LogP) is 6.34. The van der Waals surface area contributed by atoms with Gasteiger partial charge in [-0.1, -0.05) is 103 Å². The van der Waals surface area contributed by atoms with Crippen molar-refractivity contribution in [3.05, 3.63) is 12.2 Å². The van der Waals surface area contributed by atoms with Crippen LogP contribution >= 0.6 is 0 Å². The SMILES string of the molecule is CCC/C=C\CCCCCCCC(=O)NC(CS(=O)(=O)O)C(O)CCCCCCCCCC. The fraction of sp³-hybridized carbons (Fsp3) is 0.885. The number of hydrogen-bond acceptors (Lipinski definition) is 4. The molecular formula is C26H51NO5S. The molecule has 196 valence electrons. The van der Waals surface area contributed by atoms with Gasteiger partial charge in [-0.25, -0.2) is 0 Å². The highest BCUT2D eigenvalue weighted by molar-refractivity contribution is 7.85. The van der Waals surface area contributed by atoms with Gasteiger partial charge in [-0.05, 0) is 32.1 Å². The maximum absolute atomic E-state index is 12.3. The van der Waals surface area contributed by atoms with Gasteiger partial charge in [0.25, 0.3) is 10.1 Å². The zero-order valence-electron chi connectivity index (χ0n) is 21.3. The standard InChI is InChI=1S/C26H51NO5S/c1-3-5-7-9-11-13-14-16-18-20-22-26(29)27-24(23-33(30,31)32)25(28)21-19-17-15-12-10-8-6-4-2/h7,9,24-25,28H,3-6,8,10-23H2,1-2H3,(H,27,29)(H,30,31,32)/b9-7-. The quantitative estimate of drug-likeness (QED) is 0.0883. The number of aliphatic hydroxyl groups is 1. The van der Waals surface area contributed by atoms with Gasteiger partial charge in [-0.3, -0.25) is 9.35 Å². The highest BCUT2D eigenvalue weighted by Crippen LogP contribution is 2.13. The largest absolute Gasteiger partial charge is 0.391 e. The van der Waals surface area contributed by atoms with Crippen LogP contribution in [0, 0.1) is 0 Å². The van der Waals surface area contributed by atoms with Gasteiger partial charge in [0.2, 0.25) is 5.91 Å². The van der Waals surface area contributed by atoms with Crippen molar-refractivity contribution in [2.45, 2.75) is 142 Å². The Bertz CT molecular complexity index is 591. The molecule has 33 heavy (non-hydrogen) atoms. The summed E-state index contributed by atoms with van der Waals surface area (Å²) in [5.41, 5.74) is 0. The van der Waals surface area contributed by atoms with Crippen LogP contribution in [0.25, 0.3) is 0 Å². The number of carbonyl (C=O) groups excluding carboxylic acids is 1. The number of carbonyl (C=O) groups is 1. The second-order valence-corrected chi connectivity index (χ2v) is 10.8. The molecule has 0 fully saturated rings. The Morgan fingerprint density at radius 1 is 0.788 bits per heavy atom. The van der Waals surface area contributed by atoms with E-state index in [1.807, 2.05) is 0 Å². The lowest BCUT2D eigenvalue weighted by molar-refractivity contribution is -0.122. The summed E-state index contributed by atoms with van der Waals surface area (Å²) in [5, 5.41) is 13.1. The molecule has 0 aromatic carbocycles. The normalized spacial score (nSPS) is 13.9. The Morgan fingerprint density at radius 2 is 1.33 bits per heavy atom. The van der Waals surface area contributed by atoms with Crippen LogP contribution < -0.4 is 5.32 Å². The Hall–Kier alpha value is -0.920. The van der Waals surface area contributed by atoms with Crippen LogP contribution in [-0.4, -0.2) is 41.9 Å². The third kappa shape index (κ3) is 22.6. The summed E-state index contributed by atoms with van der Waals surface area (Å²) >= 11 is 0. The Balaban J connectivity index is 4.12. The summed E-state index contributed by atoms with van der Waals surface area (Å²) < 4.78 is 32.0. The number of hydrogen-bond donors (Lipinski definition) is 3. The van der Waals surface area contributed by atoms with E-state index in [-0.39, 0.29) is 5.91 Å². The second-order valence-electron chi connectivity index (χ2n) is 9.32. The summed E-state index contributed by atoms with van der Waals surface area (Å²) in [6.45, 7) is 4.36. The van der Waals surface area contributed by atoms with Crippen LogP contribution in [0.1, 0.15) is 129 Å². The average Bonchev–Trinajstić information content (AvgIpc) is 2.75. The molecule has 0 aromatic rings. The monoisotopic (exact) mass is 489 g/mol. The van der Waals surface area contributed by atoms with E-state index in [9.17, 15) is 22.9 Å². The van der Waals surface area contributed by atoms with Crippen molar-refractivity contribution in [3.8, 4) is 0 Å². The highest BCUT2D eigenvalue weighted by atomic mass is 32.2. The number of amides is 1. The maximum atomic E-state index is 12.3. The van der Waals surface area contributed by atoms with Gasteiger partial charge in [0.1, 0.15) is 0 Å². The second kappa shape index (κ2) is 21.6. The van der Waals surface area contributed by atoms with E-state index in [2.05, 4.69) is 31.3 Å². The molecule has 0 aliphatic carbocycles. The molecule has 0 aliphatic rings. The van der Waals surface area contributed by atoms with Gasteiger partial charge in [0.05, 0.1) is 17.9 Å². The molecule has 2 atom stereocenters. The zero-order valence-corrected chi connectivity index (χ0v) is 22.1. The van der Waals surface area contributed by atoms with Crippen LogP contribution in [0.5, 0.6) is 0 Å². The predicted molar refractivity (Wildman–Crippen MR) is 138 cm³/mol. The van der Waals surface area contributed by atoms with Crippen molar-refractivity contribution in [3.63, 3.8) is 0 Å². The summed E-state index contributed by atoms with van der Waals surface area (Å²) in [6, 6.07) is -0.966. The zero-order chi connectivity index (χ0) is 24.8. The van der Waals surface area contributed by atoms with Crippen LogP contribution in [0.4, 0.5) is 0 Å². The smallest absolute Gasteiger partial charge is 0.266 e. The average molecular weight is 490 g/mol. The minimum absolute atomic E-state index is 0.263. The first-order valence-electron chi connectivity index (χ1n) is 13.4. The summed E-state index contributed by atoms with van der Waals surface area (Å²) in [5.74, 6) is -0.913. The minimum atomic E-state index is -4.29. The molecular weight excluding hydrogens is 438 g/mol. The van der Waals surface area contributed by atoms with Gasteiger partial charge in [-0.15, -0.1) is 0 Å². The summed E-state index contributed by atoms with van der Waals surface area (Å²) in [6.07, 6.45) is 21.7. The van der Waals surface area contributed by atoms with E-state index in [1.54, 1.807) is 0 Å². The van der Waals surface area contributed by atoms with Crippen molar-refractivity contribution in [2.75, 3.05) is 5.75 Å². The first-order chi connectivity index (χ1) is 15.8. The number of rotatable bonds is 23. The maximum Gasteiger partial charge on any atom is 0.266 e. The van der Waals surface area contributed by atoms with Crippen molar-refractivity contribution in [1.29, 1.82) is 0 Å². The lowest BCUT2D eigenvalue weighted by Gasteiger charge is -2.23. The van der Waals surface area contributed by atoms with Crippen LogP contribution in [0.3, 0.4) is 0 Å². The summed E-state index contributed by atoms with van der Waals surface area (Å²) in [7, 11) is -4.29. The van der Waals surface area contributed by atoms with Crippen LogP contribution in [0.2, 0.25) is 0 Å². The highest BCUT2D eigenvalue weighted by Gasteiger charge is 2.25. The van der Waals surface area contributed by atoms with Gasteiger partial charge in [-0.2, -0.15) is 8.42 Å². The molecule has 0 spiro atoms. The number of allylic oxidation sites excluding steroid dienone is 2. The lowest BCUT2D eigenvalue weighted by atomic mass is 10.0. The van der Waals surface area contributed by atoms with Crippen molar-refractivity contribution in [2.24, 2.45) is 0 Å². The molecule has 0 rings (SSSR count). The topological polar surface area (TPSA) is 104 Å². The van der Waals surface area contributed by atoms with E-state index in [4.69, 9.17) is 0 Å². The van der Waals surface area contributed by atoms with Crippen molar-refractivity contribution >= 4 is 16.0 Å². The van der Waals surface area contributed by atoms with Gasteiger partial charge >= 0.3 is 0 Å². The molecule has 6 nitrogen and oxygen atoms in total. The number of aliphatic hydroxyl groups excluding tert-OH is 1. The van der Waals surface area contributed by atoms with E-state index in [1.165, 1.54) is 38.5 Å². The molecule has 1 amide bonds. The van der Waals surface area contributed by atoms with E-state index >= 15 is 0 Å². The number of nitrogens with one attached hydrogen (secondary N) is 1. The van der Waals surface area contributed by atoms with E-state index in [0.29, 0.717) is 12.8 Å². The van der Waals surface area contributed by atoms with E-state index in [0.717, 1.165) is 64.2 Å². The Labute approximate surface area is 203 Å². The van der Waals surface area contributed by atoms with Crippen LogP contribution in [-0.2, 0) is 14.9 Å². The molecule has 2 unspecified atom stereocenters. The Kier molecular flexibility index (Phi) is 21.0. The molecule has 3 N–H and O–H groups in total. The lowest BCUT2D eigenvalue weighted by Crippen LogP contribution is -2.47. The molecule has 0 heterocycles. The first kappa shape index (κ1) is 32.1. The van der Waals surface area contributed by atoms with Gasteiger partial charge in [0, 0.05) is 6.42 Å². The van der Waals surface area contributed by atoms with Crippen molar-refractivity contribution < 1.29 is 22.9 Å². The van der Waals surface area contributed by atoms with E-state index < -0.39 is 28.0 Å². The molecule has 0 radical (unpaired) electrons. The fourth-order valence-corrected chi connectivity index (χ4v) is 4.68. The third-order valence-corrected chi connectivity index (χ3v) is 6.73. The molecule has 0 aromatic heterocycles. The van der Waals surface area contributed by atoms with Gasteiger partial charge < -0.3 is 10.4 Å². The number of unbranched alkanes of at least 4 members (excludes halogenated alkanes) is 13. The molecule has 7 heteroatoms. The van der Waals surface area contributed by atoms with Gasteiger partial charge in [0.15, 0.2) is 0 Å². The molecule has 0 saturated heterocycles.